The molecule has 0 saturated carbocycles. The summed E-state index contributed by atoms with van der Waals surface area (Å²) >= 11 is 0. The second-order valence-corrected chi connectivity index (χ2v) is 7.90. The predicted molar refractivity (Wildman–Crippen MR) is 124 cm³/mol. The van der Waals surface area contributed by atoms with Crippen LogP contribution in [-0.2, 0) is 4.79 Å². The van der Waals surface area contributed by atoms with Gasteiger partial charge in [-0.05, 0) is 49.2 Å². The first-order valence-electron chi connectivity index (χ1n) is 10.7. The van der Waals surface area contributed by atoms with Crippen LogP contribution < -0.4 is 10.2 Å². The molecule has 2 aromatic heterocycles. The zero-order valence-corrected chi connectivity index (χ0v) is 17.5. The summed E-state index contributed by atoms with van der Waals surface area (Å²) in [6.45, 7) is 1.43. The highest BCUT2D eigenvalue weighted by atomic mass is 16.3. The number of amides is 1. The highest BCUT2D eigenvalue weighted by molar-refractivity contribution is 5.94. The minimum atomic E-state index is -0.114. The van der Waals surface area contributed by atoms with Gasteiger partial charge in [0, 0.05) is 42.4 Å². The lowest BCUT2D eigenvalue weighted by atomic mass is 9.95. The average Bonchev–Trinajstić information content (AvgIpc) is 2.85. The molecule has 3 heterocycles. The normalized spacial score (nSPS) is 14.4. The van der Waals surface area contributed by atoms with Gasteiger partial charge >= 0.3 is 0 Å². The maximum Gasteiger partial charge on any atom is 0.227 e. The smallest absolute Gasteiger partial charge is 0.227 e. The Morgan fingerprint density at radius 1 is 0.969 bits per heavy atom. The fourth-order valence-corrected chi connectivity index (χ4v) is 4.09. The number of para-hydroxylation sites is 3. The molecule has 7 nitrogen and oxygen atoms in total. The average molecular weight is 425 g/mol. The first-order valence-corrected chi connectivity index (χ1v) is 10.7. The number of phenols is 1. The van der Waals surface area contributed by atoms with Crippen LogP contribution in [-0.4, -0.2) is 39.1 Å². The Balaban J connectivity index is 1.37. The van der Waals surface area contributed by atoms with Gasteiger partial charge in [-0.2, -0.15) is 0 Å². The largest absolute Gasteiger partial charge is 0.506 e. The van der Waals surface area contributed by atoms with Crippen LogP contribution in [0.5, 0.6) is 5.75 Å². The van der Waals surface area contributed by atoms with Crippen LogP contribution in [0.3, 0.4) is 0 Å². The summed E-state index contributed by atoms with van der Waals surface area (Å²) in [6, 6.07) is 18.6. The lowest BCUT2D eigenvalue weighted by Gasteiger charge is -2.33. The van der Waals surface area contributed by atoms with Gasteiger partial charge in [0.25, 0.3) is 0 Å². The Morgan fingerprint density at radius 2 is 1.75 bits per heavy atom. The lowest BCUT2D eigenvalue weighted by Crippen LogP contribution is -2.38. The monoisotopic (exact) mass is 425 g/mol. The highest BCUT2D eigenvalue weighted by Gasteiger charge is 2.27. The molecule has 32 heavy (non-hydrogen) atoms. The van der Waals surface area contributed by atoms with E-state index in [-0.39, 0.29) is 17.6 Å². The number of nitrogens with one attached hydrogen (secondary N) is 1. The molecule has 4 aromatic rings. The van der Waals surface area contributed by atoms with Gasteiger partial charge in [0.1, 0.15) is 11.6 Å². The summed E-state index contributed by atoms with van der Waals surface area (Å²) in [5, 5.41) is 13.8. The Kier molecular flexibility index (Phi) is 5.37. The lowest BCUT2D eigenvalue weighted by molar-refractivity contribution is -0.120. The van der Waals surface area contributed by atoms with E-state index in [1.165, 1.54) is 0 Å². The number of aromatic nitrogens is 3. The van der Waals surface area contributed by atoms with E-state index in [1.54, 1.807) is 36.7 Å². The van der Waals surface area contributed by atoms with E-state index >= 15 is 0 Å². The summed E-state index contributed by atoms with van der Waals surface area (Å²) in [7, 11) is 0. The number of pyridine rings is 1. The van der Waals surface area contributed by atoms with Gasteiger partial charge in [-0.15, -0.1) is 0 Å². The maximum atomic E-state index is 12.7. The van der Waals surface area contributed by atoms with Gasteiger partial charge in [-0.25, -0.2) is 9.97 Å². The first-order chi connectivity index (χ1) is 15.7. The van der Waals surface area contributed by atoms with Crippen molar-refractivity contribution in [1.82, 2.24) is 15.0 Å². The van der Waals surface area contributed by atoms with Crippen LogP contribution in [0.4, 0.5) is 11.5 Å². The molecular formula is C25H23N5O2. The van der Waals surface area contributed by atoms with E-state index in [1.807, 2.05) is 36.4 Å². The molecule has 0 atom stereocenters. The number of carbonyl (C=O) groups excluding carboxylic acids is 1. The Hall–Kier alpha value is -4.00. The number of phenolic OH excluding ortho intramolecular Hbond substituents is 1. The molecule has 160 valence electrons. The van der Waals surface area contributed by atoms with Crippen LogP contribution in [0.1, 0.15) is 12.8 Å². The van der Waals surface area contributed by atoms with Crippen molar-refractivity contribution in [2.75, 3.05) is 23.3 Å². The molecule has 1 fully saturated rings. The first kappa shape index (κ1) is 19.9. The van der Waals surface area contributed by atoms with Crippen molar-refractivity contribution in [3.63, 3.8) is 0 Å². The van der Waals surface area contributed by atoms with Crippen LogP contribution in [0.25, 0.3) is 22.3 Å². The maximum absolute atomic E-state index is 12.7. The number of aromatic hydroxyl groups is 1. The van der Waals surface area contributed by atoms with Crippen molar-refractivity contribution in [3.8, 4) is 17.1 Å². The number of nitrogens with zero attached hydrogens (tertiary/aromatic N) is 4. The van der Waals surface area contributed by atoms with Gasteiger partial charge in [0.05, 0.1) is 11.2 Å². The summed E-state index contributed by atoms with van der Waals surface area (Å²) in [6.07, 6.45) is 4.92. The molecule has 2 aromatic carbocycles. The van der Waals surface area contributed by atoms with E-state index in [9.17, 15) is 9.90 Å². The molecule has 0 unspecified atom stereocenters. The van der Waals surface area contributed by atoms with Crippen molar-refractivity contribution in [2.45, 2.75) is 12.8 Å². The van der Waals surface area contributed by atoms with Gasteiger partial charge in [0.15, 0.2) is 5.82 Å². The van der Waals surface area contributed by atoms with Crippen LogP contribution in [0.2, 0.25) is 0 Å². The van der Waals surface area contributed by atoms with E-state index in [0.717, 1.165) is 22.3 Å². The molecule has 1 aliphatic rings. The summed E-state index contributed by atoms with van der Waals surface area (Å²) in [4.78, 5) is 28.8. The molecule has 7 heteroatoms. The fourth-order valence-electron chi connectivity index (χ4n) is 4.09. The minimum Gasteiger partial charge on any atom is -0.506 e. The second kappa shape index (κ2) is 8.63. The van der Waals surface area contributed by atoms with Crippen molar-refractivity contribution in [1.29, 1.82) is 0 Å². The molecule has 1 saturated heterocycles. The molecule has 0 aliphatic carbocycles. The fraction of sp³-hybridized carbons (Fsp3) is 0.200. The number of piperidine rings is 1. The second-order valence-electron chi connectivity index (χ2n) is 7.90. The number of carbonyl (C=O) groups is 1. The van der Waals surface area contributed by atoms with E-state index < -0.39 is 0 Å². The van der Waals surface area contributed by atoms with Crippen molar-refractivity contribution < 1.29 is 9.90 Å². The van der Waals surface area contributed by atoms with Crippen LogP contribution in [0, 0.1) is 5.92 Å². The van der Waals surface area contributed by atoms with Crippen molar-refractivity contribution in [3.05, 3.63) is 73.1 Å². The Morgan fingerprint density at radius 3 is 2.53 bits per heavy atom. The molecule has 2 N–H and O–H groups in total. The number of hydrogen-bond donors (Lipinski definition) is 2. The summed E-state index contributed by atoms with van der Waals surface area (Å²) < 4.78 is 0. The minimum absolute atomic E-state index is 0.0604. The van der Waals surface area contributed by atoms with Gasteiger partial charge < -0.3 is 15.3 Å². The van der Waals surface area contributed by atoms with Crippen LogP contribution in [0.15, 0.2) is 73.1 Å². The Bertz CT molecular complexity index is 1250. The molecule has 0 bridgehead atoms. The van der Waals surface area contributed by atoms with Crippen molar-refractivity contribution >= 4 is 28.3 Å². The Labute approximate surface area is 185 Å². The molecular weight excluding hydrogens is 402 g/mol. The molecule has 1 amide bonds. The SMILES string of the molecule is O=C(Nc1ccccc1O)C1CCN(c2nc(-c3cccnc3)nc3ccccc23)CC1. The standard InChI is InChI=1S/C25H23N5O2/c31-22-10-4-3-9-21(22)28-25(32)17-11-14-30(15-12-17)24-19-7-1-2-8-20(19)27-23(29-24)18-6-5-13-26-16-18/h1-10,13,16-17,31H,11-12,14-15H2,(H,28,32). The topological polar surface area (TPSA) is 91.2 Å². The van der Waals surface area contributed by atoms with Crippen LogP contribution >= 0.6 is 0 Å². The van der Waals surface area contributed by atoms with Gasteiger partial charge in [-0.1, -0.05) is 24.3 Å². The van der Waals surface area contributed by atoms with E-state index in [2.05, 4.69) is 15.2 Å². The van der Waals surface area contributed by atoms with E-state index in [4.69, 9.17) is 9.97 Å². The highest BCUT2D eigenvalue weighted by Crippen LogP contribution is 2.31. The molecule has 1 aliphatic heterocycles. The van der Waals surface area contributed by atoms with Gasteiger partial charge in [0.2, 0.25) is 5.91 Å². The number of fused-ring (bicyclic) bond motifs is 1. The molecule has 0 radical (unpaired) electrons. The third kappa shape index (κ3) is 3.97. The predicted octanol–water partition coefficient (Wildman–Crippen LogP) is 4.25. The summed E-state index contributed by atoms with van der Waals surface area (Å²) in [5.74, 6) is 1.43. The molecule has 5 rings (SSSR count). The number of hydrogen-bond acceptors (Lipinski definition) is 6. The third-order valence-electron chi connectivity index (χ3n) is 5.83. The quantitative estimate of drug-likeness (QED) is 0.475. The van der Waals surface area contributed by atoms with Crippen molar-refractivity contribution in [2.24, 2.45) is 5.92 Å². The molecule has 0 spiro atoms. The van der Waals surface area contributed by atoms with E-state index in [0.29, 0.717) is 37.4 Å². The zero-order chi connectivity index (χ0) is 21.9. The number of anilines is 2. The number of rotatable bonds is 4. The zero-order valence-electron chi connectivity index (χ0n) is 17.5. The third-order valence-corrected chi connectivity index (χ3v) is 5.83. The summed E-state index contributed by atoms with van der Waals surface area (Å²) in [5.41, 5.74) is 2.20. The number of benzene rings is 2. The van der Waals surface area contributed by atoms with Gasteiger partial charge in [-0.3, -0.25) is 9.78 Å².